The number of rotatable bonds is 4. The Hall–Kier alpha value is -2.26. The van der Waals surface area contributed by atoms with Gasteiger partial charge in [0.15, 0.2) is 11.0 Å². The lowest BCUT2D eigenvalue weighted by molar-refractivity contribution is -0.645. The van der Waals surface area contributed by atoms with Crippen molar-refractivity contribution in [3.8, 4) is 0 Å². The lowest BCUT2D eigenvalue weighted by Crippen LogP contribution is -2.25. The van der Waals surface area contributed by atoms with E-state index >= 15 is 0 Å². The quantitative estimate of drug-likeness (QED) is 0.334. The summed E-state index contributed by atoms with van der Waals surface area (Å²) in [4.78, 5) is 2.73. The number of nitrogens with zero attached hydrogens (tertiary/aromatic N) is 5. The zero-order chi connectivity index (χ0) is 12.3. The maximum absolute atomic E-state index is 8.30. The van der Waals surface area contributed by atoms with Crippen LogP contribution in [0, 0.1) is 0 Å². The van der Waals surface area contributed by atoms with Crippen molar-refractivity contribution in [3.63, 3.8) is 0 Å². The first-order valence-electron chi connectivity index (χ1n) is 5.39. The molecule has 1 aromatic heterocycles. The van der Waals surface area contributed by atoms with Gasteiger partial charge in [-0.1, -0.05) is 23.8 Å². The van der Waals surface area contributed by atoms with Crippen LogP contribution in [0.15, 0.2) is 48.0 Å². The molecule has 1 heterocycles. The highest BCUT2D eigenvalue weighted by atomic mass is 15.1. The highest BCUT2D eigenvalue weighted by molar-refractivity contribution is 5.71. The smallest absolute Gasteiger partial charge is 0.233 e. The Kier molecular flexibility index (Phi) is 3.12. The molecular formula is C12H14N5+. The van der Waals surface area contributed by atoms with Gasteiger partial charge in [0.1, 0.15) is 0 Å². The molecule has 2 rings (SSSR count). The van der Waals surface area contributed by atoms with Crippen LogP contribution in [0.2, 0.25) is 0 Å². The topological polar surface area (TPSA) is 57.6 Å². The number of aryl methyl sites for hydroxylation is 2. The lowest BCUT2D eigenvalue weighted by Gasteiger charge is -1.96. The molecule has 0 aliphatic rings. The summed E-state index contributed by atoms with van der Waals surface area (Å²) in [6.07, 6.45) is 2.69. The summed E-state index contributed by atoms with van der Waals surface area (Å²) in [6, 6.07) is 8.19. The van der Waals surface area contributed by atoms with Gasteiger partial charge < -0.3 is 0 Å². The summed E-state index contributed by atoms with van der Waals surface area (Å²) < 4.78 is 4.21. The molecular weight excluding hydrogens is 214 g/mol. The van der Waals surface area contributed by atoms with Crippen LogP contribution in [0.3, 0.4) is 0 Å². The molecule has 0 atom stereocenters. The third kappa shape index (κ3) is 2.29. The molecule has 0 aliphatic heterocycles. The lowest BCUT2D eigenvalue weighted by atomic mass is 10.3. The third-order valence-corrected chi connectivity index (χ3v) is 2.71. The van der Waals surface area contributed by atoms with E-state index in [4.69, 9.17) is 5.53 Å². The maximum atomic E-state index is 8.30. The van der Waals surface area contributed by atoms with Gasteiger partial charge in [-0.2, -0.15) is 0 Å². The number of aromatic nitrogens is 2. The first kappa shape index (κ1) is 11.2. The van der Waals surface area contributed by atoms with Crippen molar-refractivity contribution in [2.24, 2.45) is 12.2 Å². The van der Waals surface area contributed by atoms with E-state index < -0.39 is 0 Å². The number of benzene rings is 1. The van der Waals surface area contributed by atoms with E-state index in [1.165, 1.54) is 11.0 Å². The Labute approximate surface area is 99.2 Å². The van der Waals surface area contributed by atoms with Crippen molar-refractivity contribution < 1.29 is 4.57 Å². The number of hydrogen-bond donors (Lipinski definition) is 0. The first-order chi connectivity index (χ1) is 8.22. The average molecular weight is 228 g/mol. The highest BCUT2D eigenvalue weighted by Gasteiger charge is 2.11. The zero-order valence-electron chi connectivity index (χ0n) is 9.74. The van der Waals surface area contributed by atoms with Gasteiger partial charge in [0.25, 0.3) is 0 Å². The van der Waals surface area contributed by atoms with Crippen molar-refractivity contribution in [3.05, 3.63) is 53.3 Å². The van der Waals surface area contributed by atoms with Crippen LogP contribution in [0.4, 0.5) is 0 Å². The zero-order valence-corrected chi connectivity index (χ0v) is 9.74. The minimum atomic E-state index is 0.563. The van der Waals surface area contributed by atoms with Gasteiger partial charge in [0.05, 0.1) is 13.6 Å². The Morgan fingerprint density at radius 3 is 3.06 bits per heavy atom. The molecule has 5 nitrogen and oxygen atoms in total. The summed E-state index contributed by atoms with van der Waals surface area (Å²) in [5.74, 6) is 0. The fourth-order valence-electron chi connectivity index (χ4n) is 1.88. The van der Waals surface area contributed by atoms with Crippen LogP contribution in [-0.2, 0) is 13.6 Å². The van der Waals surface area contributed by atoms with E-state index in [0.717, 1.165) is 6.54 Å². The Balaban J connectivity index is 2.25. The normalized spacial score (nSPS) is 10.2. The molecule has 0 radical (unpaired) electrons. The molecule has 0 aliphatic carbocycles. The summed E-state index contributed by atoms with van der Waals surface area (Å²) in [6.45, 7) is 4.47. The number of allylic oxidation sites excluding steroid dienone is 1. The predicted octanol–water partition coefficient (Wildman–Crippen LogP) is 2.68. The number of para-hydroxylation sites is 2. The molecule has 1 aromatic carbocycles. The molecule has 0 spiro atoms. The van der Waals surface area contributed by atoms with E-state index in [1.807, 2.05) is 25.5 Å². The van der Waals surface area contributed by atoms with Crippen LogP contribution in [0.5, 0.6) is 0 Å². The Morgan fingerprint density at radius 1 is 1.53 bits per heavy atom. The van der Waals surface area contributed by atoms with Crippen LogP contribution >= 0.6 is 0 Å². The third-order valence-electron chi connectivity index (χ3n) is 2.71. The van der Waals surface area contributed by atoms with Crippen molar-refractivity contribution in [1.82, 2.24) is 4.57 Å². The fraction of sp³-hybridized carbons (Fsp3) is 0.250. The number of azide groups is 1. The number of hydrogen-bond acceptors (Lipinski definition) is 1. The number of imidazole rings is 1. The van der Waals surface area contributed by atoms with Gasteiger partial charge >= 0.3 is 0 Å². The largest absolute Gasteiger partial charge is 0.244 e. The predicted molar refractivity (Wildman–Crippen MR) is 66.0 cm³/mol. The molecule has 0 unspecified atom stereocenters. The van der Waals surface area contributed by atoms with Crippen molar-refractivity contribution in [2.75, 3.05) is 0 Å². The van der Waals surface area contributed by atoms with Crippen LogP contribution in [-0.4, -0.2) is 4.57 Å². The monoisotopic (exact) mass is 228 g/mol. The summed E-state index contributed by atoms with van der Waals surface area (Å²) in [5, 5.41) is 3.49. The van der Waals surface area contributed by atoms with Crippen LogP contribution in [0.25, 0.3) is 21.5 Å². The average Bonchev–Trinajstić information content (AvgIpc) is 2.65. The van der Waals surface area contributed by atoms with Crippen molar-refractivity contribution >= 4 is 11.0 Å². The van der Waals surface area contributed by atoms with Gasteiger partial charge in [-0.05, 0) is 17.7 Å². The van der Waals surface area contributed by atoms with Crippen LogP contribution in [0.1, 0.15) is 6.42 Å². The first-order valence-corrected chi connectivity index (χ1v) is 5.39. The van der Waals surface area contributed by atoms with E-state index in [-0.39, 0.29) is 0 Å². The summed E-state index contributed by atoms with van der Waals surface area (Å²) in [5.41, 5.74) is 11.2. The SMILES string of the molecule is C=C(CCn1c[n+](C)c2ccccc21)N=[N+]=[N-]. The second kappa shape index (κ2) is 4.72. The summed E-state index contributed by atoms with van der Waals surface area (Å²) in [7, 11) is 2.01. The van der Waals surface area contributed by atoms with Gasteiger partial charge in [-0.3, -0.25) is 0 Å². The Morgan fingerprint density at radius 2 is 2.29 bits per heavy atom. The van der Waals surface area contributed by atoms with Gasteiger partial charge in [0.2, 0.25) is 6.33 Å². The molecule has 0 saturated carbocycles. The molecule has 5 heteroatoms. The Bertz CT molecular complexity index is 604. The summed E-state index contributed by atoms with van der Waals surface area (Å²) >= 11 is 0. The van der Waals surface area contributed by atoms with Gasteiger partial charge in [-0.25, -0.2) is 9.13 Å². The molecule has 86 valence electrons. The number of fused-ring (bicyclic) bond motifs is 1. The second-order valence-corrected chi connectivity index (χ2v) is 3.91. The van der Waals surface area contributed by atoms with Crippen LogP contribution < -0.4 is 4.57 Å². The molecule has 0 N–H and O–H groups in total. The molecule has 17 heavy (non-hydrogen) atoms. The maximum Gasteiger partial charge on any atom is 0.244 e. The molecule has 0 fully saturated rings. The minimum absolute atomic E-state index is 0.563. The van der Waals surface area contributed by atoms with E-state index in [0.29, 0.717) is 12.1 Å². The fourth-order valence-corrected chi connectivity index (χ4v) is 1.88. The van der Waals surface area contributed by atoms with E-state index in [2.05, 4.69) is 37.9 Å². The van der Waals surface area contributed by atoms with Gasteiger partial charge in [0, 0.05) is 17.0 Å². The molecule has 0 saturated heterocycles. The second-order valence-electron chi connectivity index (χ2n) is 3.91. The molecule has 0 bridgehead atoms. The van der Waals surface area contributed by atoms with Gasteiger partial charge in [-0.15, -0.1) is 0 Å². The minimum Gasteiger partial charge on any atom is -0.233 e. The molecule has 0 amide bonds. The molecule has 2 aromatic rings. The van der Waals surface area contributed by atoms with E-state index in [9.17, 15) is 0 Å². The van der Waals surface area contributed by atoms with Crippen molar-refractivity contribution in [1.29, 1.82) is 0 Å². The van der Waals surface area contributed by atoms with E-state index in [1.54, 1.807) is 0 Å². The highest BCUT2D eigenvalue weighted by Crippen LogP contribution is 2.12. The standard InChI is InChI=1S/C12H14N5/c1-10(14-15-13)7-8-17-9-16(2)11-5-3-4-6-12(11)17/h3-6,9H,1,7-8H2,2H3/q+1. The van der Waals surface area contributed by atoms with Crippen molar-refractivity contribution in [2.45, 2.75) is 13.0 Å².